The molecule has 0 spiro atoms. The van der Waals surface area contributed by atoms with Gasteiger partial charge in [0.15, 0.2) is 5.69 Å². The number of nitrogens with zero attached hydrogens (tertiary/aromatic N) is 4. The first kappa shape index (κ1) is 39.5. The van der Waals surface area contributed by atoms with Gasteiger partial charge in [-0.3, -0.25) is 0 Å². The van der Waals surface area contributed by atoms with E-state index in [1.807, 2.05) is 36.4 Å². The van der Waals surface area contributed by atoms with Gasteiger partial charge in [-0.15, -0.1) is 0 Å². The Kier molecular flexibility index (Phi) is 9.57. The van der Waals surface area contributed by atoms with Crippen molar-refractivity contribution in [2.75, 3.05) is 9.80 Å². The second-order valence-corrected chi connectivity index (χ2v) is 18.0. The third kappa shape index (κ3) is 6.78. The van der Waals surface area contributed by atoms with Gasteiger partial charge >= 0.3 is 0 Å². The average molecular weight is 831 g/mol. The summed E-state index contributed by atoms with van der Waals surface area (Å²) in [6.07, 6.45) is 0. The SMILES string of the molecule is [C-]#[N+]c1ccc(N2c3ccc(-c4ccccc4)cc3B3c4cc(-c5ccccc5)ccc4N(c4ccc(C#N)cc4-c4ccccc4)c4cc(C(C)(C)C)cc2c43)c(-c2ccccc2)c1. The molecule has 0 N–H and O–H groups in total. The Morgan fingerprint density at radius 3 is 1.32 bits per heavy atom. The number of anilines is 6. The summed E-state index contributed by atoms with van der Waals surface area (Å²) in [7, 11) is 0. The van der Waals surface area contributed by atoms with E-state index in [4.69, 9.17) is 6.57 Å². The lowest BCUT2D eigenvalue weighted by atomic mass is 9.33. The van der Waals surface area contributed by atoms with Crippen molar-refractivity contribution in [3.8, 4) is 50.6 Å². The van der Waals surface area contributed by atoms with E-state index < -0.39 is 0 Å². The van der Waals surface area contributed by atoms with Crippen LogP contribution in [0.3, 0.4) is 0 Å². The largest absolute Gasteiger partial charge is 0.311 e. The minimum Gasteiger partial charge on any atom is -0.311 e. The minimum atomic E-state index is -0.226. The fraction of sp³-hybridized carbons (Fsp3) is 0.0667. The van der Waals surface area contributed by atoms with E-state index >= 15 is 0 Å². The summed E-state index contributed by atoms with van der Waals surface area (Å²) >= 11 is 0. The summed E-state index contributed by atoms with van der Waals surface area (Å²) in [5, 5.41) is 10.3. The molecule has 2 aliphatic rings. The third-order valence-electron chi connectivity index (χ3n) is 13.0. The van der Waals surface area contributed by atoms with Gasteiger partial charge in [-0.1, -0.05) is 172 Å². The topological polar surface area (TPSA) is 34.6 Å². The van der Waals surface area contributed by atoms with E-state index in [0.29, 0.717) is 11.3 Å². The lowest BCUT2D eigenvalue weighted by Gasteiger charge is -2.46. The molecule has 5 heteroatoms. The van der Waals surface area contributed by atoms with Crippen LogP contribution in [0.4, 0.5) is 39.8 Å². The van der Waals surface area contributed by atoms with Crippen LogP contribution in [0.2, 0.25) is 0 Å². The predicted octanol–water partition coefficient (Wildman–Crippen LogP) is 14.2. The zero-order chi connectivity index (χ0) is 44.2. The fourth-order valence-corrected chi connectivity index (χ4v) is 9.86. The van der Waals surface area contributed by atoms with Gasteiger partial charge in [0.2, 0.25) is 0 Å². The van der Waals surface area contributed by atoms with Gasteiger partial charge in [0.1, 0.15) is 0 Å². The predicted molar refractivity (Wildman–Crippen MR) is 272 cm³/mol. The second kappa shape index (κ2) is 15.8. The highest BCUT2D eigenvalue weighted by Crippen LogP contribution is 2.50. The summed E-state index contributed by atoms with van der Waals surface area (Å²) in [6.45, 7) is 14.8. The molecule has 0 saturated carbocycles. The summed E-state index contributed by atoms with van der Waals surface area (Å²) in [6, 6.07) is 75.7. The molecule has 306 valence electrons. The maximum absolute atomic E-state index is 10.3. The first-order chi connectivity index (χ1) is 31.8. The highest BCUT2D eigenvalue weighted by atomic mass is 15.2. The quantitative estimate of drug-likeness (QED) is 0.124. The van der Waals surface area contributed by atoms with Gasteiger partial charge in [0, 0.05) is 28.3 Å². The summed E-state index contributed by atoms with van der Waals surface area (Å²) in [5.41, 5.74) is 20.8. The van der Waals surface area contributed by atoms with Crippen LogP contribution >= 0.6 is 0 Å². The fourth-order valence-electron chi connectivity index (χ4n) is 9.86. The molecule has 2 heterocycles. The lowest BCUT2D eigenvalue weighted by molar-refractivity contribution is 0.590. The van der Waals surface area contributed by atoms with E-state index in [9.17, 15) is 5.26 Å². The number of hydrogen-bond acceptors (Lipinski definition) is 3. The Bertz CT molecular complexity index is 3160. The molecular formula is C60H43BN4. The zero-order valence-electron chi connectivity index (χ0n) is 36.5. The first-order valence-corrected chi connectivity index (χ1v) is 22.1. The van der Waals surface area contributed by atoms with E-state index in [0.717, 1.165) is 78.6 Å². The Balaban J connectivity index is 1.29. The molecule has 0 aliphatic carbocycles. The van der Waals surface area contributed by atoms with Crippen LogP contribution in [0.15, 0.2) is 206 Å². The molecule has 65 heavy (non-hydrogen) atoms. The Hall–Kier alpha value is -8.38. The average Bonchev–Trinajstić information content (AvgIpc) is 3.36. The lowest BCUT2D eigenvalue weighted by Crippen LogP contribution is -2.61. The van der Waals surface area contributed by atoms with Crippen molar-refractivity contribution in [1.82, 2.24) is 0 Å². The van der Waals surface area contributed by atoms with E-state index in [-0.39, 0.29) is 12.1 Å². The molecule has 9 aromatic carbocycles. The number of hydrogen-bond donors (Lipinski definition) is 0. The van der Waals surface area contributed by atoms with Crippen LogP contribution in [-0.4, -0.2) is 6.71 Å². The number of fused-ring (bicyclic) bond motifs is 4. The Labute approximate surface area is 381 Å². The van der Waals surface area contributed by atoms with Gasteiger partial charge in [-0.2, -0.15) is 5.26 Å². The zero-order valence-corrected chi connectivity index (χ0v) is 36.5. The summed E-state index contributed by atoms with van der Waals surface area (Å²) in [4.78, 5) is 8.85. The highest BCUT2D eigenvalue weighted by molar-refractivity contribution is 7.00. The van der Waals surface area contributed by atoms with Crippen molar-refractivity contribution < 1.29 is 0 Å². The maximum atomic E-state index is 10.3. The maximum Gasteiger partial charge on any atom is 0.252 e. The van der Waals surface area contributed by atoms with E-state index in [1.165, 1.54) is 22.0 Å². The smallest absolute Gasteiger partial charge is 0.252 e. The van der Waals surface area contributed by atoms with Crippen LogP contribution < -0.4 is 26.2 Å². The number of benzene rings is 9. The van der Waals surface area contributed by atoms with Crippen LogP contribution in [-0.2, 0) is 5.41 Å². The standard InChI is InChI=1S/C60H43BN4/c1-60(2,3)47-36-57-59-58(37-47)65(54-32-28-48(63-4)38-50(54)44-23-15-8-16-24-44)56-31-27-46(42-19-11-6-12-20-42)35-52(56)61(59)51-34-45(41-17-9-5-10-18-41)26-30-55(51)64(57)53-29-25-40(39-62)33-49(53)43-21-13-7-14-22-43/h5-38H,1-3H3. The molecule has 9 aromatic rings. The molecule has 0 unspecified atom stereocenters. The molecule has 0 atom stereocenters. The summed E-state index contributed by atoms with van der Waals surface area (Å²) in [5.74, 6) is 0. The van der Waals surface area contributed by atoms with Crippen molar-refractivity contribution in [1.29, 1.82) is 5.26 Å². The second-order valence-electron chi connectivity index (χ2n) is 18.0. The van der Waals surface area contributed by atoms with E-state index in [1.54, 1.807) is 0 Å². The van der Waals surface area contributed by atoms with Gasteiger partial charge < -0.3 is 9.80 Å². The van der Waals surface area contributed by atoms with Gasteiger partial charge in [0.25, 0.3) is 6.71 Å². The number of rotatable bonds is 6. The number of nitriles is 1. The van der Waals surface area contributed by atoms with Crippen molar-refractivity contribution >= 4 is 62.9 Å². The minimum absolute atomic E-state index is 0.153. The molecule has 11 rings (SSSR count). The first-order valence-electron chi connectivity index (χ1n) is 22.1. The molecule has 0 amide bonds. The van der Waals surface area contributed by atoms with Crippen LogP contribution in [0, 0.1) is 17.9 Å². The monoisotopic (exact) mass is 830 g/mol. The Morgan fingerprint density at radius 2 is 0.877 bits per heavy atom. The molecule has 0 aromatic heterocycles. The van der Waals surface area contributed by atoms with Crippen LogP contribution in [0.25, 0.3) is 49.4 Å². The van der Waals surface area contributed by atoms with Crippen molar-refractivity contribution in [3.63, 3.8) is 0 Å². The normalized spacial score (nSPS) is 12.4. The highest BCUT2D eigenvalue weighted by Gasteiger charge is 2.45. The van der Waals surface area contributed by atoms with Gasteiger partial charge in [-0.05, 0) is 121 Å². The van der Waals surface area contributed by atoms with E-state index in [2.05, 4.69) is 211 Å². The molecule has 2 aliphatic heterocycles. The molecule has 0 radical (unpaired) electrons. The molecule has 0 fully saturated rings. The molecule has 0 saturated heterocycles. The van der Waals surface area contributed by atoms with Crippen molar-refractivity contribution in [2.45, 2.75) is 26.2 Å². The summed E-state index contributed by atoms with van der Waals surface area (Å²) < 4.78 is 0. The van der Waals surface area contributed by atoms with Crippen molar-refractivity contribution in [3.05, 3.63) is 229 Å². The third-order valence-corrected chi connectivity index (χ3v) is 13.0. The van der Waals surface area contributed by atoms with Crippen LogP contribution in [0.1, 0.15) is 31.9 Å². The molecule has 0 bridgehead atoms. The van der Waals surface area contributed by atoms with Gasteiger partial charge in [0.05, 0.1) is 29.6 Å². The van der Waals surface area contributed by atoms with Gasteiger partial charge in [-0.25, -0.2) is 4.85 Å². The van der Waals surface area contributed by atoms with Crippen LogP contribution in [0.5, 0.6) is 0 Å². The van der Waals surface area contributed by atoms with Crippen molar-refractivity contribution in [2.24, 2.45) is 0 Å². The Morgan fingerprint density at radius 1 is 0.446 bits per heavy atom. The molecular weight excluding hydrogens is 787 g/mol. The molecule has 4 nitrogen and oxygen atoms in total.